The van der Waals surface area contributed by atoms with Gasteiger partial charge in [0, 0.05) is 23.8 Å². The van der Waals surface area contributed by atoms with E-state index in [4.69, 9.17) is 9.47 Å². The van der Waals surface area contributed by atoms with Crippen LogP contribution >= 0.6 is 0 Å². The third kappa shape index (κ3) is 3.31. The zero-order chi connectivity index (χ0) is 14.5. The Morgan fingerprint density at radius 3 is 2.75 bits per heavy atom. The van der Waals surface area contributed by atoms with Gasteiger partial charge in [0.25, 0.3) is 0 Å². The molecule has 1 heterocycles. The second-order valence-corrected chi connectivity index (χ2v) is 4.27. The van der Waals surface area contributed by atoms with Gasteiger partial charge in [-0.3, -0.25) is 4.68 Å². The summed E-state index contributed by atoms with van der Waals surface area (Å²) in [5.74, 6) is 0.948. The highest BCUT2D eigenvalue weighted by molar-refractivity contribution is 6.59. The summed E-state index contributed by atoms with van der Waals surface area (Å²) < 4.78 is 12.5. The molecule has 0 amide bonds. The van der Waals surface area contributed by atoms with Crippen LogP contribution in [0, 0.1) is 0 Å². The summed E-state index contributed by atoms with van der Waals surface area (Å²) in [6.07, 6.45) is 3.61. The fraction of sp³-hybridized carbons (Fsp3) is 0.308. The second kappa shape index (κ2) is 6.45. The van der Waals surface area contributed by atoms with E-state index in [0.29, 0.717) is 18.1 Å². The molecule has 0 aliphatic heterocycles. The fourth-order valence-electron chi connectivity index (χ4n) is 1.80. The van der Waals surface area contributed by atoms with Crippen LogP contribution in [-0.4, -0.2) is 34.1 Å². The van der Waals surface area contributed by atoms with Crippen LogP contribution in [0.4, 0.5) is 0 Å². The monoisotopic (exact) mass is 276 g/mol. The predicted octanol–water partition coefficient (Wildman–Crippen LogP) is 0.170. The molecular formula is C13H17BN2O4. The Kier molecular flexibility index (Phi) is 4.65. The molecule has 0 aliphatic rings. The Labute approximate surface area is 117 Å². The van der Waals surface area contributed by atoms with Crippen molar-refractivity contribution < 1.29 is 19.5 Å². The predicted molar refractivity (Wildman–Crippen MR) is 75.1 cm³/mol. The first-order valence-corrected chi connectivity index (χ1v) is 6.32. The number of methoxy groups -OCH3 is 1. The first-order valence-electron chi connectivity index (χ1n) is 6.32. The van der Waals surface area contributed by atoms with Gasteiger partial charge < -0.3 is 19.5 Å². The summed E-state index contributed by atoms with van der Waals surface area (Å²) in [5.41, 5.74) is 1.19. The van der Waals surface area contributed by atoms with Crippen LogP contribution in [0.25, 0.3) is 0 Å². The number of rotatable bonds is 6. The summed E-state index contributed by atoms with van der Waals surface area (Å²) in [5, 5.41) is 22.9. The zero-order valence-corrected chi connectivity index (χ0v) is 11.5. The number of hydrogen-bond acceptors (Lipinski definition) is 5. The molecule has 0 radical (unpaired) electrons. The van der Waals surface area contributed by atoms with E-state index in [0.717, 1.165) is 12.1 Å². The van der Waals surface area contributed by atoms with E-state index in [1.54, 1.807) is 23.0 Å². The lowest BCUT2D eigenvalue weighted by Crippen LogP contribution is -2.31. The van der Waals surface area contributed by atoms with E-state index in [2.05, 4.69) is 5.10 Å². The summed E-state index contributed by atoms with van der Waals surface area (Å²) in [6, 6.07) is 4.89. The lowest BCUT2D eigenvalue weighted by molar-refractivity contribution is 0.306. The van der Waals surface area contributed by atoms with Gasteiger partial charge in [-0.05, 0) is 25.1 Å². The Balaban J connectivity index is 2.12. The fourth-order valence-corrected chi connectivity index (χ4v) is 1.80. The van der Waals surface area contributed by atoms with Gasteiger partial charge in [-0.15, -0.1) is 0 Å². The Bertz CT molecular complexity index is 571. The second-order valence-electron chi connectivity index (χ2n) is 4.27. The maximum Gasteiger partial charge on any atom is 0.492 e. The van der Waals surface area contributed by atoms with Gasteiger partial charge in [-0.25, -0.2) is 0 Å². The average molecular weight is 276 g/mol. The number of aromatic nitrogens is 2. The van der Waals surface area contributed by atoms with Crippen LogP contribution in [0.5, 0.6) is 11.5 Å². The van der Waals surface area contributed by atoms with Gasteiger partial charge in [0.2, 0.25) is 0 Å². The SMILES string of the molecule is CCn1cc(COc2ccc(OC)cc2B(O)O)cn1. The minimum atomic E-state index is -1.61. The third-order valence-electron chi connectivity index (χ3n) is 2.90. The molecule has 0 saturated carbocycles. The summed E-state index contributed by atoms with van der Waals surface area (Å²) in [4.78, 5) is 0. The molecule has 0 aliphatic carbocycles. The smallest absolute Gasteiger partial charge is 0.492 e. The first-order chi connectivity index (χ1) is 9.63. The summed E-state index contributed by atoms with van der Waals surface area (Å²) >= 11 is 0. The quantitative estimate of drug-likeness (QED) is 0.735. The van der Waals surface area contributed by atoms with Crippen LogP contribution in [0.1, 0.15) is 12.5 Å². The molecule has 0 atom stereocenters. The molecule has 1 aromatic heterocycles. The number of nitrogens with zero attached hydrogens (tertiary/aromatic N) is 2. The van der Waals surface area contributed by atoms with Crippen molar-refractivity contribution in [3.8, 4) is 11.5 Å². The third-order valence-corrected chi connectivity index (χ3v) is 2.90. The van der Waals surface area contributed by atoms with Crippen LogP contribution in [0.15, 0.2) is 30.6 Å². The molecule has 106 valence electrons. The topological polar surface area (TPSA) is 76.7 Å². The van der Waals surface area contributed by atoms with E-state index in [-0.39, 0.29) is 5.46 Å². The molecule has 6 nitrogen and oxygen atoms in total. The Hall–Kier alpha value is -1.99. The van der Waals surface area contributed by atoms with Gasteiger partial charge >= 0.3 is 7.12 Å². The average Bonchev–Trinajstić information content (AvgIpc) is 2.92. The van der Waals surface area contributed by atoms with Gasteiger partial charge in [0.05, 0.1) is 13.3 Å². The van der Waals surface area contributed by atoms with Crippen molar-refractivity contribution in [1.29, 1.82) is 0 Å². The van der Waals surface area contributed by atoms with E-state index < -0.39 is 7.12 Å². The number of hydrogen-bond donors (Lipinski definition) is 2. The molecule has 0 spiro atoms. The maximum atomic E-state index is 9.37. The molecule has 2 N–H and O–H groups in total. The van der Waals surface area contributed by atoms with Crippen molar-refractivity contribution in [3.05, 3.63) is 36.2 Å². The molecule has 2 rings (SSSR count). The number of ether oxygens (including phenoxy) is 2. The first kappa shape index (κ1) is 14.4. The highest BCUT2D eigenvalue weighted by atomic mass is 16.5. The van der Waals surface area contributed by atoms with Crippen LogP contribution < -0.4 is 14.9 Å². The number of benzene rings is 1. The van der Waals surface area contributed by atoms with Crippen LogP contribution in [-0.2, 0) is 13.2 Å². The van der Waals surface area contributed by atoms with Gasteiger partial charge in [-0.1, -0.05) is 0 Å². The molecule has 0 bridgehead atoms. The molecule has 0 unspecified atom stereocenters. The van der Waals surface area contributed by atoms with Crippen LogP contribution in [0.2, 0.25) is 0 Å². The molecule has 2 aromatic rings. The van der Waals surface area contributed by atoms with Crippen LogP contribution in [0.3, 0.4) is 0 Å². The van der Waals surface area contributed by atoms with E-state index >= 15 is 0 Å². The lowest BCUT2D eigenvalue weighted by Gasteiger charge is -2.11. The minimum absolute atomic E-state index is 0.271. The molecule has 0 saturated heterocycles. The zero-order valence-electron chi connectivity index (χ0n) is 11.5. The highest BCUT2D eigenvalue weighted by Crippen LogP contribution is 2.17. The van der Waals surface area contributed by atoms with Crippen molar-refractivity contribution >= 4 is 12.6 Å². The van der Waals surface area contributed by atoms with Gasteiger partial charge in [-0.2, -0.15) is 5.10 Å². The lowest BCUT2D eigenvalue weighted by atomic mass is 9.79. The molecule has 20 heavy (non-hydrogen) atoms. The van der Waals surface area contributed by atoms with Crippen molar-refractivity contribution in [1.82, 2.24) is 9.78 Å². The van der Waals surface area contributed by atoms with E-state index in [1.807, 2.05) is 13.1 Å². The number of aryl methyl sites for hydroxylation is 1. The molecule has 0 fully saturated rings. The normalized spacial score (nSPS) is 10.4. The Morgan fingerprint density at radius 2 is 2.15 bits per heavy atom. The highest BCUT2D eigenvalue weighted by Gasteiger charge is 2.18. The minimum Gasteiger partial charge on any atom is -0.497 e. The van der Waals surface area contributed by atoms with Crippen molar-refractivity contribution in [2.24, 2.45) is 0 Å². The van der Waals surface area contributed by atoms with Crippen molar-refractivity contribution in [2.75, 3.05) is 7.11 Å². The molecular weight excluding hydrogens is 259 g/mol. The summed E-state index contributed by atoms with van der Waals surface area (Å²) in [7, 11) is -0.0961. The van der Waals surface area contributed by atoms with Crippen molar-refractivity contribution in [2.45, 2.75) is 20.1 Å². The molecule has 1 aromatic carbocycles. The largest absolute Gasteiger partial charge is 0.497 e. The van der Waals surface area contributed by atoms with Crippen molar-refractivity contribution in [3.63, 3.8) is 0 Å². The van der Waals surface area contributed by atoms with E-state index in [9.17, 15) is 10.0 Å². The maximum absolute atomic E-state index is 9.37. The van der Waals surface area contributed by atoms with E-state index in [1.165, 1.54) is 13.2 Å². The summed E-state index contributed by atoms with van der Waals surface area (Å²) in [6.45, 7) is 3.11. The van der Waals surface area contributed by atoms with Gasteiger partial charge in [0.15, 0.2) is 0 Å². The van der Waals surface area contributed by atoms with Gasteiger partial charge in [0.1, 0.15) is 18.1 Å². The standard InChI is InChI=1S/C13H17BN2O4/c1-3-16-8-10(7-15-16)9-20-13-5-4-11(19-2)6-12(13)14(17)18/h4-8,17-18H,3,9H2,1-2H3. The molecule has 7 heteroatoms. The Morgan fingerprint density at radius 1 is 1.35 bits per heavy atom.